The van der Waals surface area contributed by atoms with Crippen molar-refractivity contribution < 1.29 is 9.53 Å². The van der Waals surface area contributed by atoms with Gasteiger partial charge in [0, 0.05) is 0 Å². The molecule has 0 amide bonds. The Kier molecular flexibility index (Phi) is 5.09. The van der Waals surface area contributed by atoms with Crippen molar-refractivity contribution in [3.8, 4) is 0 Å². The summed E-state index contributed by atoms with van der Waals surface area (Å²) in [6.45, 7) is 5.83. The third kappa shape index (κ3) is 2.91. The van der Waals surface area contributed by atoms with Crippen molar-refractivity contribution >= 4 is 5.97 Å². The predicted octanol–water partition coefficient (Wildman–Crippen LogP) is 2.46. The first kappa shape index (κ1) is 11.0. The van der Waals surface area contributed by atoms with Gasteiger partial charge < -0.3 is 4.74 Å². The molecule has 12 heavy (non-hydrogen) atoms. The Morgan fingerprint density at radius 1 is 1.50 bits per heavy atom. The van der Waals surface area contributed by atoms with Crippen LogP contribution in [0.1, 0.15) is 27.2 Å². The third-order valence-electron chi connectivity index (χ3n) is 1.73. The van der Waals surface area contributed by atoms with Gasteiger partial charge in [-0.05, 0) is 20.3 Å². The van der Waals surface area contributed by atoms with Gasteiger partial charge in [0.05, 0.1) is 12.7 Å². The third-order valence-corrected chi connectivity index (χ3v) is 1.73. The molecule has 0 saturated carbocycles. The molecule has 0 fully saturated rings. The van der Waals surface area contributed by atoms with E-state index in [1.807, 2.05) is 26.8 Å². The summed E-state index contributed by atoms with van der Waals surface area (Å²) in [4.78, 5) is 11.2. The first-order valence-electron chi connectivity index (χ1n) is 4.08. The fraction of sp³-hybridized carbons (Fsp3) is 0.500. The van der Waals surface area contributed by atoms with Gasteiger partial charge in [0.25, 0.3) is 0 Å². The van der Waals surface area contributed by atoms with Crippen molar-refractivity contribution in [3.63, 3.8) is 0 Å². The quantitative estimate of drug-likeness (QED) is 0.367. The van der Waals surface area contributed by atoms with Crippen LogP contribution in [0, 0.1) is 0 Å². The van der Waals surface area contributed by atoms with E-state index in [4.69, 9.17) is 0 Å². The fourth-order valence-electron chi connectivity index (χ4n) is 0.852. The number of hydrogen-bond acceptors (Lipinski definition) is 2. The number of carbonyl (C=O) groups is 1. The molecule has 0 unspecified atom stereocenters. The molecule has 2 nitrogen and oxygen atoms in total. The zero-order chi connectivity index (χ0) is 9.56. The van der Waals surface area contributed by atoms with Crippen LogP contribution in [0.4, 0.5) is 0 Å². The second-order valence-electron chi connectivity index (χ2n) is 2.54. The average Bonchev–Trinajstić information content (AvgIpc) is 2.11. The normalized spacial score (nSPS) is 13.0. The van der Waals surface area contributed by atoms with Gasteiger partial charge in [-0.3, -0.25) is 0 Å². The minimum absolute atomic E-state index is 0.257. The van der Waals surface area contributed by atoms with E-state index in [0.717, 1.165) is 12.0 Å². The van der Waals surface area contributed by atoms with Gasteiger partial charge in [-0.1, -0.05) is 24.6 Å². The van der Waals surface area contributed by atoms with Gasteiger partial charge in [0.2, 0.25) is 0 Å². The average molecular weight is 168 g/mol. The van der Waals surface area contributed by atoms with Gasteiger partial charge >= 0.3 is 5.97 Å². The summed E-state index contributed by atoms with van der Waals surface area (Å²) in [5.41, 5.74) is 1.72. The van der Waals surface area contributed by atoms with Gasteiger partial charge in [0.15, 0.2) is 0 Å². The molecule has 0 aliphatic rings. The highest BCUT2D eigenvalue weighted by atomic mass is 16.5. The highest BCUT2D eigenvalue weighted by Crippen LogP contribution is 2.10. The maximum Gasteiger partial charge on any atom is 0.337 e. The molecule has 0 heterocycles. The van der Waals surface area contributed by atoms with Gasteiger partial charge in [-0.25, -0.2) is 4.79 Å². The topological polar surface area (TPSA) is 26.3 Å². The van der Waals surface area contributed by atoms with E-state index in [9.17, 15) is 4.79 Å². The molecule has 0 aromatic heterocycles. The van der Waals surface area contributed by atoms with Crippen LogP contribution in [0.3, 0.4) is 0 Å². The Balaban J connectivity index is 4.77. The maximum atomic E-state index is 11.2. The molecule has 0 radical (unpaired) electrons. The zero-order valence-corrected chi connectivity index (χ0v) is 8.18. The summed E-state index contributed by atoms with van der Waals surface area (Å²) >= 11 is 0. The summed E-state index contributed by atoms with van der Waals surface area (Å²) < 4.78 is 4.64. The van der Waals surface area contributed by atoms with Crippen molar-refractivity contribution in [2.75, 3.05) is 7.11 Å². The van der Waals surface area contributed by atoms with Crippen LogP contribution in [-0.2, 0) is 9.53 Å². The van der Waals surface area contributed by atoms with E-state index in [1.165, 1.54) is 7.11 Å². The van der Waals surface area contributed by atoms with Gasteiger partial charge in [-0.2, -0.15) is 0 Å². The highest BCUT2D eigenvalue weighted by Gasteiger charge is 2.07. The smallest absolute Gasteiger partial charge is 0.337 e. The largest absolute Gasteiger partial charge is 0.465 e. The molecule has 0 saturated heterocycles. The SMILES string of the molecule is C/C=C\C(C(=O)OC)=C(\C)CC. The molecular formula is C10H16O2. The number of methoxy groups -OCH3 is 1. The summed E-state index contributed by atoms with van der Waals surface area (Å²) in [5, 5.41) is 0. The number of hydrogen-bond donors (Lipinski definition) is 0. The van der Waals surface area contributed by atoms with Crippen LogP contribution < -0.4 is 0 Å². The molecule has 0 rings (SSSR count). The van der Waals surface area contributed by atoms with Crippen LogP contribution in [0.2, 0.25) is 0 Å². The lowest BCUT2D eigenvalue weighted by molar-refractivity contribution is -0.135. The van der Waals surface area contributed by atoms with E-state index >= 15 is 0 Å². The lowest BCUT2D eigenvalue weighted by atomic mass is 10.1. The Morgan fingerprint density at radius 3 is 2.42 bits per heavy atom. The Labute approximate surface area is 73.9 Å². The van der Waals surface area contributed by atoms with E-state index in [0.29, 0.717) is 5.57 Å². The molecule has 0 aliphatic heterocycles. The lowest BCUT2D eigenvalue weighted by Gasteiger charge is -2.03. The van der Waals surface area contributed by atoms with Crippen molar-refractivity contribution in [2.24, 2.45) is 0 Å². The standard InChI is InChI=1S/C10H16O2/c1-5-7-9(8(3)6-2)10(11)12-4/h5,7H,6H2,1-4H3/b7-5-,9-8+. The van der Waals surface area contributed by atoms with Crippen LogP contribution in [0.5, 0.6) is 0 Å². The van der Waals surface area contributed by atoms with Crippen LogP contribution in [0.15, 0.2) is 23.3 Å². The number of allylic oxidation sites excluding steroid dienone is 2. The van der Waals surface area contributed by atoms with Crippen molar-refractivity contribution in [3.05, 3.63) is 23.3 Å². The monoisotopic (exact) mass is 168 g/mol. The van der Waals surface area contributed by atoms with Crippen molar-refractivity contribution in [1.29, 1.82) is 0 Å². The molecule has 0 atom stereocenters. The van der Waals surface area contributed by atoms with Crippen LogP contribution in [0.25, 0.3) is 0 Å². The lowest BCUT2D eigenvalue weighted by Crippen LogP contribution is -2.04. The van der Waals surface area contributed by atoms with E-state index in [-0.39, 0.29) is 5.97 Å². The molecule has 0 bridgehead atoms. The maximum absolute atomic E-state index is 11.2. The zero-order valence-electron chi connectivity index (χ0n) is 8.18. The molecular weight excluding hydrogens is 152 g/mol. The van der Waals surface area contributed by atoms with Crippen molar-refractivity contribution in [2.45, 2.75) is 27.2 Å². The summed E-state index contributed by atoms with van der Waals surface area (Å²) in [6.07, 6.45) is 4.49. The highest BCUT2D eigenvalue weighted by molar-refractivity contribution is 5.92. The summed E-state index contributed by atoms with van der Waals surface area (Å²) in [7, 11) is 1.40. The minimum atomic E-state index is -0.257. The molecule has 0 aromatic carbocycles. The Morgan fingerprint density at radius 2 is 2.08 bits per heavy atom. The van der Waals surface area contributed by atoms with Gasteiger partial charge in [-0.15, -0.1) is 0 Å². The molecule has 0 aromatic rings. The first-order chi connectivity index (χ1) is 5.67. The molecule has 0 aliphatic carbocycles. The number of esters is 1. The van der Waals surface area contributed by atoms with E-state index in [1.54, 1.807) is 6.08 Å². The van der Waals surface area contributed by atoms with E-state index < -0.39 is 0 Å². The summed E-state index contributed by atoms with van der Waals surface area (Å²) in [5.74, 6) is -0.257. The molecule has 0 N–H and O–H groups in total. The second-order valence-corrected chi connectivity index (χ2v) is 2.54. The fourth-order valence-corrected chi connectivity index (χ4v) is 0.852. The number of rotatable bonds is 3. The first-order valence-corrected chi connectivity index (χ1v) is 4.08. The molecule has 0 spiro atoms. The molecule has 2 heteroatoms. The summed E-state index contributed by atoms with van der Waals surface area (Å²) in [6, 6.07) is 0. The van der Waals surface area contributed by atoms with E-state index in [2.05, 4.69) is 4.74 Å². The minimum Gasteiger partial charge on any atom is -0.465 e. The number of ether oxygens (including phenoxy) is 1. The predicted molar refractivity (Wildman–Crippen MR) is 49.8 cm³/mol. The van der Waals surface area contributed by atoms with Crippen LogP contribution in [-0.4, -0.2) is 13.1 Å². The van der Waals surface area contributed by atoms with Gasteiger partial charge in [0.1, 0.15) is 0 Å². The second kappa shape index (κ2) is 5.58. The Hall–Kier alpha value is -1.05. The number of carbonyl (C=O) groups excluding carboxylic acids is 1. The van der Waals surface area contributed by atoms with Crippen LogP contribution >= 0.6 is 0 Å². The van der Waals surface area contributed by atoms with Crippen molar-refractivity contribution in [1.82, 2.24) is 0 Å². The Bertz CT molecular complexity index is 212. The molecule has 68 valence electrons.